The second kappa shape index (κ2) is 6.10. The van der Waals surface area contributed by atoms with Crippen LogP contribution in [0.15, 0.2) is 48.5 Å². The predicted octanol–water partition coefficient (Wildman–Crippen LogP) is 3.24. The maximum absolute atomic E-state index is 11.1. The number of ether oxygens (including phenoxy) is 1. The van der Waals surface area contributed by atoms with E-state index in [9.17, 15) is 4.79 Å². The lowest BCUT2D eigenvalue weighted by Crippen LogP contribution is -2.44. The number of carbonyl (C=O) groups is 1. The quantitative estimate of drug-likeness (QED) is 0.941. The van der Waals surface area contributed by atoms with Crippen molar-refractivity contribution >= 4 is 11.7 Å². The molecule has 1 N–H and O–H groups in total. The van der Waals surface area contributed by atoms with Gasteiger partial charge in [0.15, 0.2) is 0 Å². The Morgan fingerprint density at radius 1 is 1.27 bits per heavy atom. The molecule has 0 saturated heterocycles. The first-order valence-corrected chi connectivity index (χ1v) is 7.39. The Kier molecular flexibility index (Phi) is 4.00. The van der Waals surface area contributed by atoms with Crippen molar-refractivity contribution in [1.82, 2.24) is 0 Å². The summed E-state index contributed by atoms with van der Waals surface area (Å²) in [7, 11) is 0. The molecule has 4 heteroatoms. The lowest BCUT2D eigenvalue weighted by molar-refractivity contribution is -0.137. The van der Waals surface area contributed by atoms with Gasteiger partial charge >= 0.3 is 5.97 Å². The number of rotatable bonds is 4. The molecule has 0 fully saturated rings. The van der Waals surface area contributed by atoms with Crippen LogP contribution in [0.2, 0.25) is 0 Å². The van der Waals surface area contributed by atoms with Crippen molar-refractivity contribution in [2.24, 2.45) is 0 Å². The summed E-state index contributed by atoms with van der Waals surface area (Å²) in [6.45, 7) is 3.10. The average Bonchev–Trinajstić information content (AvgIpc) is 2.50. The van der Waals surface area contributed by atoms with Gasteiger partial charge in [0.1, 0.15) is 12.4 Å². The number of carboxylic acid groups (broad SMARTS) is 1. The molecule has 3 rings (SSSR count). The molecule has 0 bridgehead atoms. The van der Waals surface area contributed by atoms with Crippen LogP contribution in [-0.4, -0.2) is 23.7 Å². The summed E-state index contributed by atoms with van der Waals surface area (Å²) < 4.78 is 5.78. The number of anilines is 1. The van der Waals surface area contributed by atoms with E-state index in [1.807, 2.05) is 43.3 Å². The molecule has 0 radical (unpaired) electrons. The highest BCUT2D eigenvalue weighted by molar-refractivity contribution is 5.70. The number of nitrogens with zero attached hydrogens (tertiary/aromatic N) is 1. The number of hydrogen-bond acceptors (Lipinski definition) is 3. The van der Waals surface area contributed by atoms with E-state index in [4.69, 9.17) is 9.84 Å². The van der Waals surface area contributed by atoms with Crippen molar-refractivity contribution in [3.63, 3.8) is 0 Å². The number of carboxylic acids is 1. The van der Waals surface area contributed by atoms with E-state index in [-0.39, 0.29) is 12.5 Å². The number of hydrogen-bond donors (Lipinski definition) is 1. The first-order chi connectivity index (χ1) is 10.6. The molecule has 114 valence electrons. The van der Waals surface area contributed by atoms with Crippen LogP contribution in [-0.2, 0) is 11.3 Å². The lowest BCUT2D eigenvalue weighted by Gasteiger charge is -2.38. The van der Waals surface area contributed by atoms with Crippen LogP contribution in [0.3, 0.4) is 0 Å². The van der Waals surface area contributed by atoms with Crippen LogP contribution in [0.5, 0.6) is 5.75 Å². The molecule has 1 aliphatic rings. The molecule has 0 spiro atoms. The van der Waals surface area contributed by atoms with E-state index >= 15 is 0 Å². The molecule has 0 saturated carbocycles. The predicted molar refractivity (Wildman–Crippen MR) is 85.3 cm³/mol. The van der Waals surface area contributed by atoms with Crippen molar-refractivity contribution in [3.8, 4) is 5.75 Å². The molecule has 1 aliphatic heterocycles. The standard InChI is InChI=1S/C18H19NO3/c1-13-7-8-16-17(9-13)22-12-15(10-18(20)21)19(16)11-14-5-3-2-4-6-14/h2-9,15H,10-12H2,1H3,(H,20,21). The number of aryl methyl sites for hydroxylation is 1. The molecular formula is C18H19NO3. The summed E-state index contributed by atoms with van der Waals surface area (Å²) in [6.07, 6.45) is 0.0696. The van der Waals surface area contributed by atoms with Crippen molar-refractivity contribution < 1.29 is 14.6 Å². The third-order valence-corrected chi connectivity index (χ3v) is 3.90. The Morgan fingerprint density at radius 2 is 2.05 bits per heavy atom. The zero-order valence-electron chi connectivity index (χ0n) is 12.5. The first-order valence-electron chi connectivity index (χ1n) is 7.39. The van der Waals surface area contributed by atoms with Gasteiger partial charge in [-0.3, -0.25) is 4.79 Å². The van der Waals surface area contributed by atoms with Crippen molar-refractivity contribution in [2.45, 2.75) is 25.9 Å². The van der Waals surface area contributed by atoms with Gasteiger partial charge in [-0.05, 0) is 30.2 Å². The molecule has 0 amide bonds. The van der Waals surface area contributed by atoms with Gasteiger partial charge in [-0.1, -0.05) is 36.4 Å². The Balaban J connectivity index is 1.94. The minimum absolute atomic E-state index is 0.0696. The fourth-order valence-electron chi connectivity index (χ4n) is 2.81. The lowest BCUT2D eigenvalue weighted by atomic mass is 10.1. The number of aliphatic carboxylic acids is 1. The van der Waals surface area contributed by atoms with Gasteiger partial charge in [0, 0.05) is 6.54 Å². The van der Waals surface area contributed by atoms with Gasteiger partial charge in [-0.2, -0.15) is 0 Å². The summed E-state index contributed by atoms with van der Waals surface area (Å²) in [5, 5.41) is 9.16. The minimum Gasteiger partial charge on any atom is -0.489 e. The summed E-state index contributed by atoms with van der Waals surface area (Å²) in [6, 6.07) is 16.0. The molecule has 0 aliphatic carbocycles. The topological polar surface area (TPSA) is 49.8 Å². The fraction of sp³-hybridized carbons (Fsp3) is 0.278. The van der Waals surface area contributed by atoms with Crippen LogP contribution >= 0.6 is 0 Å². The van der Waals surface area contributed by atoms with E-state index < -0.39 is 5.97 Å². The SMILES string of the molecule is Cc1ccc2c(c1)OCC(CC(=O)O)N2Cc1ccccc1. The highest BCUT2D eigenvalue weighted by Gasteiger charge is 2.29. The minimum atomic E-state index is -0.803. The molecule has 2 aromatic carbocycles. The monoisotopic (exact) mass is 297 g/mol. The van der Waals surface area contributed by atoms with Crippen LogP contribution in [0.25, 0.3) is 0 Å². The van der Waals surface area contributed by atoms with E-state index in [2.05, 4.69) is 17.0 Å². The normalized spacial score (nSPS) is 16.8. The molecule has 22 heavy (non-hydrogen) atoms. The second-order valence-electron chi connectivity index (χ2n) is 5.65. The van der Waals surface area contributed by atoms with Gasteiger partial charge in [0.05, 0.1) is 18.2 Å². The van der Waals surface area contributed by atoms with Crippen molar-refractivity contribution in [3.05, 3.63) is 59.7 Å². The van der Waals surface area contributed by atoms with E-state index in [0.29, 0.717) is 13.2 Å². The van der Waals surface area contributed by atoms with Gasteiger partial charge in [-0.25, -0.2) is 0 Å². The number of benzene rings is 2. The van der Waals surface area contributed by atoms with Crippen LogP contribution in [0.4, 0.5) is 5.69 Å². The highest BCUT2D eigenvalue weighted by Crippen LogP contribution is 2.36. The second-order valence-corrected chi connectivity index (χ2v) is 5.65. The summed E-state index contributed by atoms with van der Waals surface area (Å²) in [4.78, 5) is 13.3. The van der Waals surface area contributed by atoms with Gasteiger partial charge < -0.3 is 14.7 Å². The Bertz CT molecular complexity index is 669. The average molecular weight is 297 g/mol. The highest BCUT2D eigenvalue weighted by atomic mass is 16.5. The van der Waals surface area contributed by atoms with Crippen LogP contribution in [0.1, 0.15) is 17.5 Å². The van der Waals surface area contributed by atoms with E-state index in [0.717, 1.165) is 22.6 Å². The van der Waals surface area contributed by atoms with Crippen LogP contribution < -0.4 is 9.64 Å². The summed E-state index contributed by atoms with van der Waals surface area (Å²) >= 11 is 0. The fourth-order valence-corrected chi connectivity index (χ4v) is 2.81. The zero-order chi connectivity index (χ0) is 15.5. The first kappa shape index (κ1) is 14.4. The Labute approximate surface area is 130 Å². The molecule has 1 heterocycles. The third kappa shape index (κ3) is 3.06. The molecule has 0 aromatic heterocycles. The van der Waals surface area contributed by atoms with E-state index in [1.165, 1.54) is 0 Å². The van der Waals surface area contributed by atoms with Gasteiger partial charge in [0.25, 0.3) is 0 Å². The molecule has 1 unspecified atom stereocenters. The van der Waals surface area contributed by atoms with E-state index in [1.54, 1.807) is 0 Å². The summed E-state index contributed by atoms with van der Waals surface area (Å²) in [5.74, 6) is 0.0276. The Hall–Kier alpha value is -2.49. The Morgan fingerprint density at radius 3 is 2.77 bits per heavy atom. The smallest absolute Gasteiger partial charge is 0.305 e. The molecule has 1 atom stereocenters. The van der Waals surface area contributed by atoms with Crippen molar-refractivity contribution in [1.29, 1.82) is 0 Å². The van der Waals surface area contributed by atoms with Crippen LogP contribution in [0, 0.1) is 6.92 Å². The molecular weight excluding hydrogens is 278 g/mol. The molecule has 2 aromatic rings. The largest absolute Gasteiger partial charge is 0.489 e. The maximum atomic E-state index is 11.1. The maximum Gasteiger partial charge on any atom is 0.305 e. The zero-order valence-corrected chi connectivity index (χ0v) is 12.5. The third-order valence-electron chi connectivity index (χ3n) is 3.90. The van der Waals surface area contributed by atoms with Crippen molar-refractivity contribution in [2.75, 3.05) is 11.5 Å². The molecule has 4 nitrogen and oxygen atoms in total. The summed E-state index contributed by atoms with van der Waals surface area (Å²) in [5.41, 5.74) is 3.26. The van der Waals surface area contributed by atoms with Gasteiger partial charge in [-0.15, -0.1) is 0 Å². The van der Waals surface area contributed by atoms with Gasteiger partial charge in [0.2, 0.25) is 0 Å². The number of fused-ring (bicyclic) bond motifs is 1.